The molecule has 2 aromatic carbocycles. The molecule has 362 valence electrons. The van der Waals surface area contributed by atoms with E-state index in [4.69, 9.17) is 0 Å². The van der Waals surface area contributed by atoms with E-state index < -0.39 is 0 Å². The van der Waals surface area contributed by atoms with Crippen molar-refractivity contribution in [3.05, 3.63) is 86.0 Å². The van der Waals surface area contributed by atoms with Gasteiger partial charge in [-0.25, -0.2) is 4.70 Å². The SMILES string of the molecule is CCCCCCC1=C(c2cc(CCCCC)c(CCCCC)c(CCCCC)c2)[N+](=[N-])C(c2cc(CCCCC)c(CCCCC)c(CCCCC)c2)=C1.CCC[CH2][Ni][CH2]CCC. The van der Waals surface area contributed by atoms with Crippen LogP contribution in [0.15, 0.2) is 35.9 Å². The molecule has 3 rings (SSSR count). The molecule has 0 N–H and O–H groups in total. The Morgan fingerprint density at radius 1 is 0.365 bits per heavy atom. The number of allylic oxidation sites excluding steroid dienone is 2. The van der Waals surface area contributed by atoms with Gasteiger partial charge in [-0.3, -0.25) is 0 Å². The molecule has 3 heteroatoms. The summed E-state index contributed by atoms with van der Waals surface area (Å²) in [6.45, 7) is 20.7. The third-order valence-electron chi connectivity index (χ3n) is 13.2. The van der Waals surface area contributed by atoms with Crippen LogP contribution in [0.25, 0.3) is 16.9 Å². The molecule has 1 heterocycles. The van der Waals surface area contributed by atoms with E-state index in [0.717, 1.165) is 43.5 Å². The number of rotatable bonds is 37. The van der Waals surface area contributed by atoms with E-state index in [0.29, 0.717) is 0 Å². The first-order valence-electron chi connectivity index (χ1n) is 27.6. The van der Waals surface area contributed by atoms with Gasteiger partial charge in [-0.05, 0) is 148 Å². The molecular weight excluding hydrogens is 807 g/mol. The number of nitrogens with zero attached hydrogens (tertiary/aromatic N) is 2. The molecule has 0 spiro atoms. The average Bonchev–Trinajstić information content (AvgIpc) is 3.62. The number of benzene rings is 2. The molecule has 0 saturated heterocycles. The Kier molecular flexibility index (Phi) is 33.7. The topological polar surface area (TPSA) is 25.3 Å². The Morgan fingerprint density at radius 2 is 0.683 bits per heavy atom. The van der Waals surface area contributed by atoms with Crippen molar-refractivity contribution in [3.8, 4) is 0 Å². The Bertz CT molecular complexity index is 1490. The van der Waals surface area contributed by atoms with Gasteiger partial charge in [0.2, 0.25) is 11.4 Å². The van der Waals surface area contributed by atoms with Crippen molar-refractivity contribution in [2.75, 3.05) is 0 Å². The molecule has 63 heavy (non-hydrogen) atoms. The van der Waals surface area contributed by atoms with Crippen LogP contribution >= 0.6 is 0 Å². The molecule has 0 bridgehead atoms. The van der Waals surface area contributed by atoms with Crippen LogP contribution in [0, 0.1) is 0 Å². The van der Waals surface area contributed by atoms with Gasteiger partial charge < -0.3 is 5.53 Å². The Hall–Kier alpha value is -1.99. The molecule has 2 aromatic rings. The van der Waals surface area contributed by atoms with Crippen LogP contribution in [-0.2, 0) is 53.0 Å². The monoisotopic (exact) mass is 909 g/mol. The van der Waals surface area contributed by atoms with Gasteiger partial charge in [0.25, 0.3) is 0 Å². The molecule has 0 aromatic heterocycles. The predicted molar refractivity (Wildman–Crippen MR) is 279 cm³/mol. The van der Waals surface area contributed by atoms with Crippen LogP contribution in [0.3, 0.4) is 0 Å². The van der Waals surface area contributed by atoms with Gasteiger partial charge >= 0.3 is 64.8 Å². The molecule has 0 unspecified atom stereocenters. The summed E-state index contributed by atoms with van der Waals surface area (Å²) in [4.78, 5) is 0. The van der Waals surface area contributed by atoms with Crippen LogP contribution in [0.4, 0.5) is 0 Å². The summed E-state index contributed by atoms with van der Waals surface area (Å²) in [5, 5.41) is 2.78. The summed E-state index contributed by atoms with van der Waals surface area (Å²) in [6.07, 6.45) is 43.6. The molecule has 0 saturated carbocycles. The van der Waals surface area contributed by atoms with Gasteiger partial charge in [-0.2, -0.15) is 0 Å². The predicted octanol–water partition coefficient (Wildman–Crippen LogP) is 20.4. The first kappa shape index (κ1) is 57.1. The van der Waals surface area contributed by atoms with Crippen molar-refractivity contribution in [2.45, 2.75) is 285 Å². The average molecular weight is 910 g/mol. The zero-order valence-electron chi connectivity index (χ0n) is 43.3. The van der Waals surface area contributed by atoms with Crippen LogP contribution < -0.4 is 0 Å². The second-order valence-corrected chi connectivity index (χ2v) is 20.5. The van der Waals surface area contributed by atoms with Gasteiger partial charge in [0, 0.05) is 22.8 Å². The fraction of sp³-hybridized carbons (Fsp3) is 0.733. The van der Waals surface area contributed by atoms with Gasteiger partial charge in [0.15, 0.2) is 0 Å². The van der Waals surface area contributed by atoms with Crippen molar-refractivity contribution >= 4 is 11.4 Å². The number of hydrogen-bond donors (Lipinski definition) is 0. The summed E-state index contributed by atoms with van der Waals surface area (Å²) in [5.74, 6) is 0. The third-order valence-corrected chi connectivity index (χ3v) is 14.6. The standard InChI is InChI=1S/C52H84N2.2C4H9.Ni/c1-8-15-22-29-34-46-41-51(47-37-42(30-23-16-9-2)49(35-27-20-13-6)43(38-47)31-24-17-10-3)54(53)52(46)48-39-44(32-25-18-11-4)50(36-28-21-14-7)45(40-48)33-26-19-12-5;2*1-3-4-2;/h37-41H,8-36H2,1-7H3;2*1,3-4H2,2H3;. The number of aryl methyl sites for hydroxylation is 4. The molecular formula is C60H102N2Ni. The van der Waals surface area contributed by atoms with E-state index in [1.165, 1.54) is 207 Å². The van der Waals surface area contributed by atoms with Crippen molar-refractivity contribution in [1.29, 1.82) is 0 Å². The second kappa shape index (κ2) is 37.1. The maximum atomic E-state index is 12.5. The van der Waals surface area contributed by atoms with E-state index >= 15 is 0 Å². The van der Waals surface area contributed by atoms with E-state index in [1.54, 1.807) is 38.1 Å². The van der Waals surface area contributed by atoms with E-state index in [-0.39, 0.29) is 0 Å². The molecule has 1 aliphatic rings. The van der Waals surface area contributed by atoms with Gasteiger partial charge in [-0.15, -0.1) is 0 Å². The first-order chi connectivity index (χ1) is 30.9. The summed E-state index contributed by atoms with van der Waals surface area (Å²) >= 11 is 1.94. The molecule has 0 atom stereocenters. The summed E-state index contributed by atoms with van der Waals surface area (Å²) < 4.78 is 1.64. The van der Waals surface area contributed by atoms with Crippen LogP contribution in [-0.4, -0.2) is 4.70 Å². The van der Waals surface area contributed by atoms with Crippen molar-refractivity contribution in [3.63, 3.8) is 0 Å². The Balaban J connectivity index is 0.00000136. The third kappa shape index (κ3) is 21.9. The molecule has 0 aliphatic carbocycles. The molecule has 0 fully saturated rings. The number of unbranched alkanes of at least 4 members (excludes halogenated alkanes) is 17. The van der Waals surface area contributed by atoms with Crippen molar-refractivity contribution < 1.29 is 19.1 Å². The zero-order valence-corrected chi connectivity index (χ0v) is 44.3. The number of hydrogen-bond acceptors (Lipinski definition) is 0. The summed E-state index contributed by atoms with van der Waals surface area (Å²) in [7, 11) is 0. The van der Waals surface area contributed by atoms with Crippen LogP contribution in [0.5, 0.6) is 0 Å². The Morgan fingerprint density at radius 3 is 1.05 bits per heavy atom. The fourth-order valence-electron chi connectivity index (χ4n) is 9.24. The normalized spacial score (nSPS) is 12.7. The minimum absolute atomic E-state index is 0.996. The zero-order chi connectivity index (χ0) is 45.9. The van der Waals surface area contributed by atoms with Crippen LogP contribution in [0.2, 0.25) is 10.8 Å². The second-order valence-electron chi connectivity index (χ2n) is 19.0. The molecule has 2 nitrogen and oxygen atoms in total. The van der Waals surface area contributed by atoms with Crippen LogP contribution in [0.1, 0.15) is 280 Å². The molecule has 1 aliphatic heterocycles. The molecule has 0 radical (unpaired) electrons. The van der Waals surface area contributed by atoms with Crippen molar-refractivity contribution in [2.24, 2.45) is 0 Å². The molecule has 0 amide bonds. The quantitative estimate of drug-likeness (QED) is 0.0367. The van der Waals surface area contributed by atoms with Gasteiger partial charge in [0.05, 0.1) is 0 Å². The van der Waals surface area contributed by atoms with Crippen molar-refractivity contribution in [1.82, 2.24) is 0 Å². The van der Waals surface area contributed by atoms with Gasteiger partial charge in [0.1, 0.15) is 0 Å². The van der Waals surface area contributed by atoms with E-state index in [9.17, 15) is 5.53 Å². The summed E-state index contributed by atoms with van der Waals surface area (Å²) in [6, 6.07) is 10.0. The van der Waals surface area contributed by atoms with E-state index in [1.807, 2.05) is 14.4 Å². The maximum absolute atomic E-state index is 12.5. The Labute approximate surface area is 399 Å². The van der Waals surface area contributed by atoms with Gasteiger partial charge in [-0.1, -0.05) is 145 Å². The minimum atomic E-state index is 0.996. The summed E-state index contributed by atoms with van der Waals surface area (Å²) in [5.41, 5.74) is 27.8. The van der Waals surface area contributed by atoms with E-state index in [2.05, 4.69) is 92.7 Å². The fourth-order valence-corrected chi connectivity index (χ4v) is 10.7. The first-order valence-corrected chi connectivity index (χ1v) is 29.0.